The Bertz CT molecular complexity index is 496. The van der Waals surface area contributed by atoms with Crippen LogP contribution in [0.25, 0.3) is 10.9 Å². The maximum absolute atomic E-state index is 11.0. The van der Waals surface area contributed by atoms with E-state index in [9.17, 15) is 4.79 Å². The van der Waals surface area contributed by atoms with Crippen LogP contribution in [-0.4, -0.2) is 15.7 Å². The predicted molar refractivity (Wildman–Crippen MR) is 62.4 cm³/mol. The lowest BCUT2D eigenvalue weighted by Gasteiger charge is -1.89. The Balaban J connectivity index is 2.41. The Morgan fingerprint density at radius 2 is 2.47 bits per heavy atom. The number of rotatable bonds is 4. The summed E-state index contributed by atoms with van der Waals surface area (Å²) in [6.07, 6.45) is 10.6. The van der Waals surface area contributed by atoms with Crippen molar-refractivity contribution >= 4 is 28.5 Å². The Morgan fingerprint density at radius 1 is 1.60 bits per heavy atom. The van der Waals surface area contributed by atoms with Crippen LogP contribution in [0.3, 0.4) is 0 Å². The van der Waals surface area contributed by atoms with Gasteiger partial charge in [-0.3, -0.25) is 9.20 Å². The molecule has 0 amide bonds. The van der Waals surface area contributed by atoms with Crippen molar-refractivity contribution in [3.05, 3.63) is 29.2 Å². The fourth-order valence-electron chi connectivity index (χ4n) is 1.41. The second-order valence-electron chi connectivity index (χ2n) is 3.26. The third-order valence-corrected chi connectivity index (χ3v) is 3.24. The van der Waals surface area contributed by atoms with Crippen LogP contribution in [0.15, 0.2) is 18.6 Å². The van der Waals surface area contributed by atoms with Crippen LogP contribution in [0.4, 0.5) is 0 Å². The molecule has 2 rings (SSSR count). The number of carbonyl (C=O) groups excluding carboxylic acids is 1. The number of nitrogens with zero attached hydrogens (tertiary/aromatic N) is 2. The lowest BCUT2D eigenvalue weighted by molar-refractivity contribution is 0.111. The summed E-state index contributed by atoms with van der Waals surface area (Å²) in [5.74, 6) is 0. The van der Waals surface area contributed by atoms with E-state index in [1.807, 2.05) is 10.5 Å². The molecular formula is C11H12N2OS. The first-order chi connectivity index (χ1) is 7.36. The summed E-state index contributed by atoms with van der Waals surface area (Å²) in [5.41, 5.74) is 0.694. The van der Waals surface area contributed by atoms with E-state index in [4.69, 9.17) is 0 Å². The molecule has 0 aromatic carbocycles. The van der Waals surface area contributed by atoms with Crippen molar-refractivity contribution in [1.29, 1.82) is 0 Å². The lowest BCUT2D eigenvalue weighted by Crippen LogP contribution is -1.88. The van der Waals surface area contributed by atoms with Gasteiger partial charge in [0.15, 0.2) is 6.29 Å². The average Bonchev–Trinajstić information content (AvgIpc) is 2.77. The third-order valence-electron chi connectivity index (χ3n) is 2.17. The molecule has 0 aliphatic rings. The van der Waals surface area contributed by atoms with Gasteiger partial charge < -0.3 is 0 Å². The van der Waals surface area contributed by atoms with Gasteiger partial charge in [0.25, 0.3) is 0 Å². The highest BCUT2D eigenvalue weighted by molar-refractivity contribution is 7.18. The number of fused-ring (bicyclic) bond motifs is 1. The zero-order chi connectivity index (χ0) is 10.7. The van der Waals surface area contributed by atoms with Crippen LogP contribution < -0.4 is 0 Å². The minimum atomic E-state index is 0.694. The maximum Gasteiger partial charge on any atom is 0.168 e. The van der Waals surface area contributed by atoms with E-state index in [0.717, 1.165) is 28.8 Å². The van der Waals surface area contributed by atoms with Crippen molar-refractivity contribution < 1.29 is 4.79 Å². The molecule has 3 nitrogen and oxygen atoms in total. The summed E-state index contributed by atoms with van der Waals surface area (Å²) in [6, 6.07) is 0. The average molecular weight is 220 g/mol. The van der Waals surface area contributed by atoms with Crippen molar-refractivity contribution in [2.45, 2.75) is 19.8 Å². The van der Waals surface area contributed by atoms with Gasteiger partial charge in [-0.05, 0) is 12.5 Å². The van der Waals surface area contributed by atoms with Gasteiger partial charge in [0.2, 0.25) is 0 Å². The highest BCUT2D eigenvalue weighted by atomic mass is 32.1. The number of allylic oxidation sites excluding steroid dienone is 1. The van der Waals surface area contributed by atoms with Crippen molar-refractivity contribution in [3.8, 4) is 0 Å². The molecule has 2 heterocycles. The molecule has 0 radical (unpaired) electrons. The fraction of sp³-hybridized carbons (Fsp3) is 0.273. The SMILES string of the molecule is CCCC=Cc1sc2cncn2c1C=O. The normalized spacial score (nSPS) is 11.5. The topological polar surface area (TPSA) is 34.4 Å². The van der Waals surface area contributed by atoms with Crippen molar-refractivity contribution in [1.82, 2.24) is 9.38 Å². The highest BCUT2D eigenvalue weighted by Gasteiger charge is 2.08. The predicted octanol–water partition coefficient (Wildman–Crippen LogP) is 3.02. The number of thiazole rings is 1. The van der Waals surface area contributed by atoms with E-state index in [1.54, 1.807) is 23.9 Å². The number of hydrogen-bond donors (Lipinski definition) is 0. The minimum absolute atomic E-state index is 0.694. The molecule has 0 fully saturated rings. The summed E-state index contributed by atoms with van der Waals surface area (Å²) in [6.45, 7) is 2.13. The molecular weight excluding hydrogens is 208 g/mol. The first kappa shape index (κ1) is 10.1. The van der Waals surface area contributed by atoms with Gasteiger partial charge in [0.05, 0.1) is 11.1 Å². The van der Waals surface area contributed by atoms with E-state index in [1.165, 1.54) is 0 Å². The van der Waals surface area contributed by atoms with E-state index < -0.39 is 0 Å². The summed E-state index contributed by atoms with van der Waals surface area (Å²) in [5, 5.41) is 0. The quantitative estimate of drug-likeness (QED) is 0.742. The lowest BCUT2D eigenvalue weighted by atomic mass is 10.3. The number of imidazole rings is 1. The molecule has 4 heteroatoms. The Kier molecular flexibility index (Phi) is 2.97. The molecule has 15 heavy (non-hydrogen) atoms. The molecule has 2 aromatic rings. The monoisotopic (exact) mass is 220 g/mol. The first-order valence-corrected chi connectivity index (χ1v) is 5.75. The number of unbranched alkanes of at least 4 members (excludes halogenated alkanes) is 1. The molecule has 0 saturated carbocycles. The standard InChI is InChI=1S/C11H12N2OS/c1-2-3-4-5-10-9(7-14)13-8-12-6-11(13)15-10/h4-8H,2-3H2,1H3. The zero-order valence-corrected chi connectivity index (χ0v) is 9.33. The third kappa shape index (κ3) is 1.85. The molecule has 0 N–H and O–H groups in total. The first-order valence-electron chi connectivity index (χ1n) is 4.93. The van der Waals surface area contributed by atoms with Crippen LogP contribution in [0.2, 0.25) is 0 Å². The van der Waals surface area contributed by atoms with Gasteiger partial charge >= 0.3 is 0 Å². The Labute approximate surface area is 92.1 Å². The van der Waals surface area contributed by atoms with Gasteiger partial charge in [-0.25, -0.2) is 4.98 Å². The van der Waals surface area contributed by atoms with Gasteiger partial charge in [0.1, 0.15) is 16.9 Å². The van der Waals surface area contributed by atoms with Gasteiger partial charge in [0, 0.05) is 0 Å². The molecule has 0 bridgehead atoms. The van der Waals surface area contributed by atoms with E-state index in [-0.39, 0.29) is 0 Å². The maximum atomic E-state index is 11.0. The number of aromatic nitrogens is 2. The molecule has 0 spiro atoms. The van der Waals surface area contributed by atoms with Crippen molar-refractivity contribution in [2.24, 2.45) is 0 Å². The molecule has 2 aromatic heterocycles. The molecule has 0 aliphatic carbocycles. The van der Waals surface area contributed by atoms with Crippen LogP contribution in [0, 0.1) is 0 Å². The summed E-state index contributed by atoms with van der Waals surface area (Å²) < 4.78 is 1.82. The van der Waals surface area contributed by atoms with Crippen LogP contribution >= 0.6 is 11.3 Å². The summed E-state index contributed by atoms with van der Waals surface area (Å²) >= 11 is 1.59. The van der Waals surface area contributed by atoms with Crippen molar-refractivity contribution in [3.63, 3.8) is 0 Å². The minimum Gasteiger partial charge on any atom is -0.296 e. The molecule has 0 unspecified atom stereocenters. The largest absolute Gasteiger partial charge is 0.296 e. The van der Waals surface area contributed by atoms with Crippen LogP contribution in [-0.2, 0) is 0 Å². The van der Waals surface area contributed by atoms with Crippen molar-refractivity contribution in [2.75, 3.05) is 0 Å². The van der Waals surface area contributed by atoms with E-state index in [0.29, 0.717) is 5.69 Å². The summed E-state index contributed by atoms with van der Waals surface area (Å²) in [4.78, 5) is 17.0. The number of carbonyl (C=O) groups is 1. The highest BCUT2D eigenvalue weighted by Crippen LogP contribution is 2.23. The molecule has 0 atom stereocenters. The summed E-state index contributed by atoms with van der Waals surface area (Å²) in [7, 11) is 0. The fourth-order valence-corrected chi connectivity index (χ4v) is 2.41. The zero-order valence-electron chi connectivity index (χ0n) is 8.51. The Morgan fingerprint density at radius 3 is 3.20 bits per heavy atom. The number of hydrogen-bond acceptors (Lipinski definition) is 3. The van der Waals surface area contributed by atoms with Crippen LogP contribution in [0.5, 0.6) is 0 Å². The Hall–Kier alpha value is -1.42. The smallest absolute Gasteiger partial charge is 0.168 e. The second kappa shape index (κ2) is 4.40. The van der Waals surface area contributed by atoms with E-state index >= 15 is 0 Å². The molecule has 0 saturated heterocycles. The molecule has 0 aliphatic heterocycles. The van der Waals surface area contributed by atoms with Gasteiger partial charge in [-0.1, -0.05) is 19.4 Å². The van der Waals surface area contributed by atoms with Crippen LogP contribution in [0.1, 0.15) is 35.1 Å². The van der Waals surface area contributed by atoms with Gasteiger partial charge in [-0.2, -0.15) is 0 Å². The van der Waals surface area contributed by atoms with Gasteiger partial charge in [-0.15, -0.1) is 11.3 Å². The van der Waals surface area contributed by atoms with E-state index in [2.05, 4.69) is 18.0 Å². The molecule has 78 valence electrons. The number of aldehydes is 1. The second-order valence-corrected chi connectivity index (χ2v) is 4.32.